The van der Waals surface area contributed by atoms with Crippen LogP contribution in [0.25, 0.3) is 0 Å². The van der Waals surface area contributed by atoms with Gasteiger partial charge in [-0.2, -0.15) is 0 Å². The van der Waals surface area contributed by atoms with Gasteiger partial charge in [0, 0.05) is 23.8 Å². The van der Waals surface area contributed by atoms with Gasteiger partial charge in [0.05, 0.1) is 32.9 Å². The molecule has 2 aromatic rings. The fourth-order valence-corrected chi connectivity index (χ4v) is 3.18. The molecule has 28 heavy (non-hydrogen) atoms. The fourth-order valence-electron chi connectivity index (χ4n) is 3.05. The minimum atomic E-state index is 0. The molecule has 0 bridgehead atoms. The SMILES string of the molecule is COc1ccc(NC(N)=NCC(c2ccc(Cl)cc2)N2CCOCC2)cc1.I. The van der Waals surface area contributed by atoms with Gasteiger partial charge in [-0.1, -0.05) is 23.7 Å². The van der Waals surface area contributed by atoms with Gasteiger partial charge in [-0.15, -0.1) is 24.0 Å². The number of hydrogen-bond acceptors (Lipinski definition) is 4. The molecule has 0 aromatic heterocycles. The van der Waals surface area contributed by atoms with Crippen molar-refractivity contribution in [2.75, 3.05) is 45.3 Å². The molecule has 0 saturated carbocycles. The zero-order valence-corrected chi connectivity index (χ0v) is 18.9. The van der Waals surface area contributed by atoms with Gasteiger partial charge >= 0.3 is 0 Å². The molecule has 1 atom stereocenters. The molecule has 3 N–H and O–H groups in total. The number of benzene rings is 2. The summed E-state index contributed by atoms with van der Waals surface area (Å²) in [6.45, 7) is 3.75. The molecule has 1 fully saturated rings. The highest BCUT2D eigenvalue weighted by Crippen LogP contribution is 2.24. The van der Waals surface area contributed by atoms with E-state index in [2.05, 4.69) is 15.2 Å². The Morgan fingerprint density at radius 1 is 1.18 bits per heavy atom. The molecule has 0 amide bonds. The molecule has 0 radical (unpaired) electrons. The lowest BCUT2D eigenvalue weighted by Gasteiger charge is -2.34. The highest BCUT2D eigenvalue weighted by atomic mass is 127. The third-order valence-electron chi connectivity index (χ3n) is 4.54. The zero-order chi connectivity index (χ0) is 19.1. The van der Waals surface area contributed by atoms with Crippen molar-refractivity contribution >= 4 is 47.2 Å². The highest BCUT2D eigenvalue weighted by Gasteiger charge is 2.22. The lowest BCUT2D eigenvalue weighted by Crippen LogP contribution is -2.40. The van der Waals surface area contributed by atoms with E-state index in [1.807, 2.05) is 48.5 Å². The molecule has 0 spiro atoms. The van der Waals surface area contributed by atoms with Crippen LogP contribution in [0.5, 0.6) is 5.75 Å². The molecule has 6 nitrogen and oxygen atoms in total. The van der Waals surface area contributed by atoms with E-state index in [-0.39, 0.29) is 30.0 Å². The Kier molecular flexibility index (Phi) is 9.30. The maximum absolute atomic E-state index is 6.10. The second-order valence-corrected chi connectivity index (χ2v) is 6.73. The number of morpholine rings is 1. The molecular weight excluding hydrogens is 491 g/mol. The van der Waals surface area contributed by atoms with Crippen LogP contribution in [0.15, 0.2) is 53.5 Å². The van der Waals surface area contributed by atoms with Crippen molar-refractivity contribution in [2.45, 2.75) is 6.04 Å². The van der Waals surface area contributed by atoms with Gasteiger partial charge in [-0.05, 0) is 42.0 Å². The van der Waals surface area contributed by atoms with Gasteiger partial charge in [0.1, 0.15) is 5.75 Å². The Morgan fingerprint density at radius 2 is 1.82 bits per heavy atom. The summed E-state index contributed by atoms with van der Waals surface area (Å²) in [7, 11) is 1.64. The van der Waals surface area contributed by atoms with E-state index in [4.69, 9.17) is 26.8 Å². The summed E-state index contributed by atoms with van der Waals surface area (Å²) in [5, 5.41) is 3.85. The van der Waals surface area contributed by atoms with E-state index in [0.29, 0.717) is 12.5 Å². The minimum absolute atomic E-state index is 0. The monoisotopic (exact) mass is 516 g/mol. The largest absolute Gasteiger partial charge is 0.497 e. The van der Waals surface area contributed by atoms with Crippen LogP contribution >= 0.6 is 35.6 Å². The van der Waals surface area contributed by atoms with E-state index in [1.165, 1.54) is 5.56 Å². The van der Waals surface area contributed by atoms with Crippen LogP contribution < -0.4 is 15.8 Å². The smallest absolute Gasteiger partial charge is 0.193 e. The Hall–Kier alpha value is -1.55. The number of hydrogen-bond donors (Lipinski definition) is 2. The standard InChI is InChI=1S/C20H25ClN4O2.HI/c1-26-18-8-6-17(7-9-18)24-20(22)23-14-19(25-10-12-27-13-11-25)15-2-4-16(21)5-3-15;/h2-9,19H,10-14H2,1H3,(H3,22,23,24);1H. The number of aliphatic imine (C=N–C) groups is 1. The van der Waals surface area contributed by atoms with Crippen molar-refractivity contribution < 1.29 is 9.47 Å². The summed E-state index contributed by atoms with van der Waals surface area (Å²) in [6, 6.07) is 15.6. The molecule has 1 saturated heterocycles. The number of anilines is 1. The number of halogens is 2. The molecule has 152 valence electrons. The van der Waals surface area contributed by atoms with Crippen LogP contribution in [0, 0.1) is 0 Å². The summed E-state index contributed by atoms with van der Waals surface area (Å²) in [4.78, 5) is 6.94. The molecule has 2 aromatic carbocycles. The Morgan fingerprint density at radius 3 is 2.43 bits per heavy atom. The van der Waals surface area contributed by atoms with Crippen molar-refractivity contribution in [2.24, 2.45) is 10.7 Å². The van der Waals surface area contributed by atoms with E-state index < -0.39 is 0 Å². The Bertz CT molecular complexity index is 750. The normalized spacial score (nSPS) is 16.1. The summed E-state index contributed by atoms with van der Waals surface area (Å²) in [6.07, 6.45) is 0. The van der Waals surface area contributed by atoms with Crippen LogP contribution in [0.4, 0.5) is 5.69 Å². The zero-order valence-electron chi connectivity index (χ0n) is 15.8. The molecule has 3 rings (SSSR count). The van der Waals surface area contributed by atoms with Gasteiger partial charge in [-0.3, -0.25) is 9.89 Å². The first kappa shape index (κ1) is 22.7. The van der Waals surface area contributed by atoms with E-state index in [0.717, 1.165) is 42.8 Å². The lowest BCUT2D eigenvalue weighted by molar-refractivity contribution is 0.0180. The van der Waals surface area contributed by atoms with Gasteiger partial charge in [0.2, 0.25) is 0 Å². The van der Waals surface area contributed by atoms with Gasteiger partial charge in [-0.25, -0.2) is 0 Å². The molecule has 0 aliphatic carbocycles. The first-order valence-corrected chi connectivity index (χ1v) is 9.32. The quantitative estimate of drug-likeness (QED) is 0.347. The number of nitrogens with zero attached hydrogens (tertiary/aromatic N) is 2. The van der Waals surface area contributed by atoms with Crippen LogP contribution in [0.2, 0.25) is 5.02 Å². The number of nitrogens with one attached hydrogen (secondary N) is 1. The molecule has 1 heterocycles. The maximum Gasteiger partial charge on any atom is 0.193 e. The number of ether oxygens (including phenoxy) is 2. The summed E-state index contributed by atoms with van der Waals surface area (Å²) in [5.74, 6) is 1.18. The van der Waals surface area contributed by atoms with E-state index in [1.54, 1.807) is 7.11 Å². The van der Waals surface area contributed by atoms with Crippen molar-refractivity contribution in [1.29, 1.82) is 0 Å². The first-order valence-electron chi connectivity index (χ1n) is 8.94. The first-order chi connectivity index (χ1) is 13.2. The topological polar surface area (TPSA) is 72.1 Å². The lowest BCUT2D eigenvalue weighted by atomic mass is 10.0. The average Bonchev–Trinajstić information content (AvgIpc) is 2.71. The highest BCUT2D eigenvalue weighted by molar-refractivity contribution is 14.0. The number of methoxy groups -OCH3 is 1. The van der Waals surface area contributed by atoms with Crippen molar-refractivity contribution in [1.82, 2.24) is 4.90 Å². The van der Waals surface area contributed by atoms with E-state index >= 15 is 0 Å². The number of guanidine groups is 1. The number of rotatable bonds is 6. The second-order valence-electron chi connectivity index (χ2n) is 6.30. The van der Waals surface area contributed by atoms with Crippen LogP contribution in [-0.2, 0) is 4.74 Å². The Balaban J connectivity index is 0.00000280. The third kappa shape index (κ3) is 6.51. The minimum Gasteiger partial charge on any atom is -0.497 e. The third-order valence-corrected chi connectivity index (χ3v) is 4.79. The average molecular weight is 517 g/mol. The number of nitrogens with two attached hydrogens (primary N) is 1. The molecule has 1 aliphatic rings. The maximum atomic E-state index is 6.10. The second kappa shape index (κ2) is 11.5. The predicted molar refractivity (Wildman–Crippen MR) is 125 cm³/mol. The molecule has 1 unspecified atom stereocenters. The van der Waals surface area contributed by atoms with Crippen LogP contribution in [0.1, 0.15) is 11.6 Å². The van der Waals surface area contributed by atoms with Crippen LogP contribution in [0.3, 0.4) is 0 Å². The fraction of sp³-hybridized carbons (Fsp3) is 0.350. The summed E-state index contributed by atoms with van der Waals surface area (Å²) < 4.78 is 10.6. The summed E-state index contributed by atoms with van der Waals surface area (Å²) in [5.41, 5.74) is 8.14. The van der Waals surface area contributed by atoms with Crippen LogP contribution in [-0.4, -0.2) is 50.8 Å². The Labute approximate surface area is 188 Å². The molecule has 8 heteroatoms. The van der Waals surface area contributed by atoms with Gasteiger partial charge in [0.15, 0.2) is 5.96 Å². The molecular formula is C20H26ClIN4O2. The van der Waals surface area contributed by atoms with Crippen molar-refractivity contribution in [3.05, 3.63) is 59.1 Å². The predicted octanol–water partition coefficient (Wildman–Crippen LogP) is 3.77. The van der Waals surface area contributed by atoms with E-state index in [9.17, 15) is 0 Å². The van der Waals surface area contributed by atoms with Gasteiger partial charge in [0.25, 0.3) is 0 Å². The summed E-state index contributed by atoms with van der Waals surface area (Å²) >= 11 is 6.04. The van der Waals surface area contributed by atoms with Crippen molar-refractivity contribution in [3.63, 3.8) is 0 Å². The van der Waals surface area contributed by atoms with Crippen molar-refractivity contribution in [3.8, 4) is 5.75 Å². The van der Waals surface area contributed by atoms with Gasteiger partial charge < -0.3 is 20.5 Å². The molecule has 1 aliphatic heterocycles.